The van der Waals surface area contributed by atoms with E-state index in [1.54, 1.807) is 0 Å². The second kappa shape index (κ2) is 14.0. The Kier molecular flexibility index (Phi) is 8.75. The molecule has 2 atom stereocenters. The van der Waals surface area contributed by atoms with Crippen LogP contribution >= 0.6 is 0 Å². The summed E-state index contributed by atoms with van der Waals surface area (Å²) in [7, 11) is 0. The Morgan fingerprint density at radius 2 is 0.889 bits per heavy atom. The molecule has 10 rings (SSSR count). The normalized spacial score (nSPS) is 16.8. The monoisotopic (exact) mass is 698 g/mol. The Morgan fingerprint density at radius 1 is 0.426 bits per heavy atom. The summed E-state index contributed by atoms with van der Waals surface area (Å²) in [5.41, 5.74) is 14.9. The van der Waals surface area contributed by atoms with Crippen molar-refractivity contribution in [1.82, 2.24) is 9.13 Å². The molecule has 264 valence electrons. The molecule has 2 aromatic heterocycles. The van der Waals surface area contributed by atoms with E-state index in [-0.39, 0.29) is 0 Å². The first-order valence-electron chi connectivity index (χ1n) is 19.6. The Hall–Kier alpha value is -6.12. The molecule has 2 nitrogen and oxygen atoms in total. The van der Waals surface area contributed by atoms with Gasteiger partial charge in [-0.25, -0.2) is 0 Å². The van der Waals surface area contributed by atoms with E-state index in [0.29, 0.717) is 11.8 Å². The molecular formula is C52H46N2. The van der Waals surface area contributed by atoms with Crippen LogP contribution in [0.15, 0.2) is 170 Å². The number of aromatic nitrogens is 2. The van der Waals surface area contributed by atoms with Gasteiger partial charge in [-0.05, 0) is 113 Å². The molecule has 0 amide bonds. The molecule has 8 aromatic rings. The van der Waals surface area contributed by atoms with Gasteiger partial charge < -0.3 is 9.13 Å². The predicted molar refractivity (Wildman–Crippen MR) is 234 cm³/mol. The topological polar surface area (TPSA) is 9.86 Å². The van der Waals surface area contributed by atoms with Crippen molar-refractivity contribution in [2.24, 2.45) is 11.8 Å². The van der Waals surface area contributed by atoms with Gasteiger partial charge in [-0.2, -0.15) is 0 Å². The summed E-state index contributed by atoms with van der Waals surface area (Å²) >= 11 is 0. The van der Waals surface area contributed by atoms with Gasteiger partial charge in [0.2, 0.25) is 0 Å². The van der Waals surface area contributed by atoms with E-state index >= 15 is 0 Å². The summed E-state index contributed by atoms with van der Waals surface area (Å²) < 4.78 is 4.84. The van der Waals surface area contributed by atoms with Crippen molar-refractivity contribution < 1.29 is 0 Å². The lowest BCUT2D eigenvalue weighted by Crippen LogP contribution is -2.00. The molecule has 0 bridgehead atoms. The molecule has 0 N–H and O–H groups in total. The molecule has 0 fully saturated rings. The third kappa shape index (κ3) is 5.83. The largest absolute Gasteiger partial charge is 0.310 e. The van der Waals surface area contributed by atoms with Gasteiger partial charge >= 0.3 is 0 Å². The van der Waals surface area contributed by atoms with Crippen molar-refractivity contribution in [3.63, 3.8) is 0 Å². The first-order valence-corrected chi connectivity index (χ1v) is 19.6. The number of benzene rings is 6. The predicted octanol–water partition coefficient (Wildman–Crippen LogP) is 14.7. The van der Waals surface area contributed by atoms with Gasteiger partial charge in [0.1, 0.15) is 0 Å². The van der Waals surface area contributed by atoms with E-state index in [1.807, 2.05) is 13.8 Å². The van der Waals surface area contributed by atoms with Crippen molar-refractivity contribution in [3.8, 4) is 27.9 Å². The maximum absolute atomic E-state index is 2.43. The second-order valence-corrected chi connectivity index (χ2v) is 14.7. The molecule has 2 aliphatic rings. The van der Waals surface area contributed by atoms with Crippen molar-refractivity contribution in [2.45, 2.75) is 40.5 Å². The molecule has 54 heavy (non-hydrogen) atoms. The lowest BCUT2D eigenvalue weighted by Gasteiger charge is -2.15. The molecule has 0 saturated heterocycles. The summed E-state index contributed by atoms with van der Waals surface area (Å²) in [6.45, 7) is 8.55. The Labute approximate surface area is 318 Å². The third-order valence-corrected chi connectivity index (χ3v) is 11.2. The minimum Gasteiger partial charge on any atom is -0.310 e. The molecule has 2 unspecified atom stereocenters. The summed E-state index contributed by atoms with van der Waals surface area (Å²) in [6, 6.07) is 49.6. The van der Waals surface area contributed by atoms with Crippen molar-refractivity contribution >= 4 is 54.9 Å². The van der Waals surface area contributed by atoms with Crippen LogP contribution in [0, 0.1) is 11.8 Å². The van der Waals surface area contributed by atoms with E-state index in [1.165, 1.54) is 88.4 Å². The number of para-hydroxylation sites is 2. The van der Waals surface area contributed by atoms with E-state index < -0.39 is 0 Å². The van der Waals surface area contributed by atoms with Crippen LogP contribution in [0.1, 0.15) is 46.1 Å². The van der Waals surface area contributed by atoms with Crippen LogP contribution < -0.4 is 0 Å². The number of nitrogens with zero attached hydrogens (tertiary/aromatic N) is 2. The maximum atomic E-state index is 2.43. The summed E-state index contributed by atoms with van der Waals surface area (Å²) in [5, 5.41) is 5.11. The first kappa shape index (κ1) is 33.7. The fourth-order valence-corrected chi connectivity index (χ4v) is 8.34. The molecule has 6 aromatic carbocycles. The minimum absolute atomic E-state index is 0.582. The highest BCUT2D eigenvalue weighted by molar-refractivity contribution is 6.13. The van der Waals surface area contributed by atoms with E-state index in [2.05, 4.69) is 193 Å². The Morgan fingerprint density at radius 3 is 1.44 bits per heavy atom. The quantitative estimate of drug-likeness (QED) is 0.169. The van der Waals surface area contributed by atoms with Gasteiger partial charge in [0.25, 0.3) is 0 Å². The standard InChI is InChI=1S/C50H40N2.C2H6/c1-33-11-15-35(16-12-33)36-17-19-37(20-18-36)38-21-27-42(28-22-38)52-48-10-6-4-8-44(48)46-32-40(24-30-50(46)52)39-23-29-49-45(31-39)43-7-3-5-9-47(43)51(49)41-25-13-34(2)14-26-41;1-2/h3-11,13,15-34H,12,14H2,1-2H3;1-2H3. The van der Waals surface area contributed by atoms with Crippen LogP contribution in [-0.2, 0) is 0 Å². The van der Waals surface area contributed by atoms with E-state index in [4.69, 9.17) is 0 Å². The van der Waals surface area contributed by atoms with Crippen LogP contribution in [0.3, 0.4) is 0 Å². The lowest BCUT2D eigenvalue weighted by atomic mass is 9.93. The molecule has 0 aliphatic heterocycles. The van der Waals surface area contributed by atoms with Crippen LogP contribution in [-0.4, -0.2) is 9.13 Å². The smallest absolute Gasteiger partial charge is 0.0541 e. The number of rotatable bonds is 5. The van der Waals surface area contributed by atoms with Gasteiger partial charge in [-0.15, -0.1) is 0 Å². The highest BCUT2D eigenvalue weighted by Gasteiger charge is 2.17. The molecule has 0 saturated carbocycles. The highest BCUT2D eigenvalue weighted by Crippen LogP contribution is 2.39. The Balaban J connectivity index is 0.00000189. The number of hydrogen-bond acceptors (Lipinski definition) is 0. The SMILES string of the molecule is CC.CC1C=CC(c2ccc(-c3ccc(-n4c5ccccc5c5cc(-c6ccc7c(c6)c6ccccc6n7C6=CCC(C)C=C6)ccc54)cc3)cc2)=CC1. The van der Waals surface area contributed by atoms with Crippen molar-refractivity contribution in [3.05, 3.63) is 175 Å². The van der Waals surface area contributed by atoms with Crippen molar-refractivity contribution in [2.75, 3.05) is 0 Å². The average Bonchev–Trinajstić information content (AvgIpc) is 3.74. The van der Waals surface area contributed by atoms with Crippen LogP contribution in [0.25, 0.3) is 82.8 Å². The van der Waals surface area contributed by atoms with Gasteiger partial charge in [0, 0.05) is 32.9 Å². The first-order chi connectivity index (χ1) is 26.6. The van der Waals surface area contributed by atoms with Crippen molar-refractivity contribution in [1.29, 1.82) is 0 Å². The molecular weight excluding hydrogens is 653 g/mol. The average molecular weight is 699 g/mol. The van der Waals surface area contributed by atoms with E-state index in [0.717, 1.165) is 12.8 Å². The fraction of sp³-hybridized carbons (Fsp3) is 0.154. The zero-order valence-corrected chi connectivity index (χ0v) is 31.6. The van der Waals surface area contributed by atoms with Gasteiger partial charge in [-0.3, -0.25) is 0 Å². The zero-order valence-electron chi connectivity index (χ0n) is 31.6. The van der Waals surface area contributed by atoms with Crippen LogP contribution in [0.2, 0.25) is 0 Å². The van der Waals surface area contributed by atoms with Gasteiger partial charge in [0.05, 0.1) is 22.1 Å². The molecule has 2 heteroatoms. The maximum Gasteiger partial charge on any atom is 0.0541 e. The second-order valence-electron chi connectivity index (χ2n) is 14.7. The van der Waals surface area contributed by atoms with Gasteiger partial charge in [0.15, 0.2) is 0 Å². The lowest BCUT2D eigenvalue weighted by molar-refractivity contribution is 0.735. The number of allylic oxidation sites excluding steroid dienone is 8. The number of hydrogen-bond donors (Lipinski definition) is 0. The summed E-state index contributed by atoms with van der Waals surface area (Å²) in [4.78, 5) is 0. The molecule has 2 aliphatic carbocycles. The zero-order chi connectivity index (χ0) is 36.8. The van der Waals surface area contributed by atoms with Crippen LogP contribution in [0.4, 0.5) is 0 Å². The third-order valence-electron chi connectivity index (χ3n) is 11.2. The summed E-state index contributed by atoms with van der Waals surface area (Å²) in [5.74, 6) is 1.21. The fourth-order valence-electron chi connectivity index (χ4n) is 8.34. The molecule has 2 heterocycles. The molecule has 0 spiro atoms. The summed E-state index contributed by atoms with van der Waals surface area (Å²) in [6.07, 6.45) is 16.1. The van der Waals surface area contributed by atoms with Crippen LogP contribution in [0.5, 0.6) is 0 Å². The Bertz CT molecular complexity index is 2800. The highest BCUT2D eigenvalue weighted by atomic mass is 15.0. The number of fused-ring (bicyclic) bond motifs is 6. The van der Waals surface area contributed by atoms with Gasteiger partial charge in [-0.1, -0.05) is 143 Å². The molecule has 0 radical (unpaired) electrons. The minimum atomic E-state index is 0.582. The van der Waals surface area contributed by atoms with E-state index in [9.17, 15) is 0 Å².